The summed E-state index contributed by atoms with van der Waals surface area (Å²) in [7, 11) is 0. The van der Waals surface area contributed by atoms with Gasteiger partial charge in [-0.2, -0.15) is 0 Å². The van der Waals surface area contributed by atoms with E-state index in [2.05, 4.69) is 32.1 Å². The normalized spacial score (nSPS) is 11.4. The minimum atomic E-state index is -1.09. The van der Waals surface area contributed by atoms with Gasteiger partial charge in [0.05, 0.1) is 5.56 Å². The Hall–Kier alpha value is -3.01. The summed E-state index contributed by atoms with van der Waals surface area (Å²) in [5, 5.41) is 30.8. The second-order valence-corrected chi connectivity index (χ2v) is 8.69. The fourth-order valence-corrected chi connectivity index (χ4v) is 3.77. The molecule has 0 amide bonds. The van der Waals surface area contributed by atoms with Gasteiger partial charge in [-0.3, -0.25) is 0 Å². The van der Waals surface area contributed by atoms with Gasteiger partial charge in [-0.15, -0.1) is 0 Å². The van der Waals surface area contributed by atoms with Gasteiger partial charge in [-0.05, 0) is 82.9 Å². The zero-order valence-corrected chi connectivity index (χ0v) is 19.5. The lowest BCUT2D eigenvalue weighted by Crippen LogP contribution is -2.05. The standard InChI is InChI=1S/C28H36O4/c1-20(2)11-10-12-21(3)17-18-24-25(28(31)32)19-23(26(29)27(24)30)16-9-5-8-15-22-13-6-4-7-14-22/h4,6-7,11,13-14,17,19,29-30H,5,8-10,12,15-16,18H2,1-3H3,(H,31,32)/b21-17+. The van der Waals surface area contributed by atoms with Gasteiger partial charge in [0.1, 0.15) is 0 Å². The number of unbranched alkanes of at least 4 members (excludes halogenated alkanes) is 2. The maximum absolute atomic E-state index is 11.8. The summed E-state index contributed by atoms with van der Waals surface area (Å²) in [6.45, 7) is 6.12. The summed E-state index contributed by atoms with van der Waals surface area (Å²) in [5.74, 6) is -1.59. The van der Waals surface area contributed by atoms with Gasteiger partial charge in [0.25, 0.3) is 0 Å². The van der Waals surface area contributed by atoms with Crippen LogP contribution in [0.5, 0.6) is 11.5 Å². The first-order valence-corrected chi connectivity index (χ1v) is 11.4. The van der Waals surface area contributed by atoms with Gasteiger partial charge < -0.3 is 15.3 Å². The van der Waals surface area contributed by atoms with Crippen LogP contribution in [0.4, 0.5) is 0 Å². The topological polar surface area (TPSA) is 77.8 Å². The van der Waals surface area contributed by atoms with Crippen LogP contribution in [0, 0.1) is 0 Å². The quantitative estimate of drug-likeness (QED) is 0.190. The van der Waals surface area contributed by atoms with E-state index >= 15 is 0 Å². The summed E-state index contributed by atoms with van der Waals surface area (Å²) in [4.78, 5) is 11.8. The number of rotatable bonds is 12. The third-order valence-electron chi connectivity index (χ3n) is 5.69. The number of hydrogen-bond donors (Lipinski definition) is 3. The Balaban J connectivity index is 2.03. The molecule has 2 rings (SSSR count). The molecule has 0 saturated carbocycles. The smallest absolute Gasteiger partial charge is 0.336 e. The van der Waals surface area contributed by atoms with Crippen LogP contribution in [0.3, 0.4) is 0 Å². The number of carboxylic acids is 1. The summed E-state index contributed by atoms with van der Waals surface area (Å²) < 4.78 is 0. The predicted molar refractivity (Wildman–Crippen MR) is 131 cm³/mol. The molecule has 32 heavy (non-hydrogen) atoms. The maximum atomic E-state index is 11.8. The van der Waals surface area contributed by atoms with E-state index in [1.165, 1.54) is 17.2 Å². The van der Waals surface area contributed by atoms with E-state index in [4.69, 9.17) is 0 Å². The minimum absolute atomic E-state index is 0.0629. The molecule has 0 bridgehead atoms. The van der Waals surface area contributed by atoms with Crippen molar-refractivity contribution in [2.24, 2.45) is 0 Å². The third-order valence-corrected chi connectivity index (χ3v) is 5.69. The first-order chi connectivity index (χ1) is 15.3. The molecular weight excluding hydrogens is 400 g/mol. The molecule has 2 aromatic carbocycles. The Bertz CT molecular complexity index is 951. The number of phenols is 2. The van der Waals surface area contributed by atoms with Crippen LogP contribution < -0.4 is 0 Å². The Morgan fingerprint density at radius 1 is 0.906 bits per heavy atom. The van der Waals surface area contributed by atoms with Gasteiger partial charge in [0.15, 0.2) is 11.5 Å². The molecule has 0 unspecified atom stereocenters. The molecule has 0 spiro atoms. The van der Waals surface area contributed by atoms with Crippen molar-refractivity contribution in [2.45, 2.75) is 72.1 Å². The van der Waals surface area contributed by atoms with Gasteiger partial charge in [-0.1, -0.05) is 60.1 Å². The van der Waals surface area contributed by atoms with Gasteiger partial charge in [0, 0.05) is 5.56 Å². The number of aryl methyl sites for hydroxylation is 2. The Morgan fingerprint density at radius 2 is 1.59 bits per heavy atom. The number of hydrogen-bond acceptors (Lipinski definition) is 3. The fraction of sp³-hybridized carbons (Fsp3) is 0.393. The van der Waals surface area contributed by atoms with Crippen molar-refractivity contribution in [3.05, 3.63) is 82.0 Å². The molecule has 0 aromatic heterocycles. The molecule has 4 nitrogen and oxygen atoms in total. The molecule has 3 N–H and O–H groups in total. The van der Waals surface area contributed by atoms with Crippen LogP contribution in [0.25, 0.3) is 0 Å². The number of aromatic carboxylic acids is 1. The minimum Gasteiger partial charge on any atom is -0.504 e. The van der Waals surface area contributed by atoms with E-state index in [9.17, 15) is 20.1 Å². The molecular formula is C28H36O4. The molecule has 0 radical (unpaired) electrons. The van der Waals surface area contributed by atoms with E-state index in [1.807, 2.05) is 31.2 Å². The average molecular weight is 437 g/mol. The molecule has 4 heteroatoms. The molecule has 172 valence electrons. The predicted octanol–water partition coefficient (Wildman–Crippen LogP) is 6.99. The lowest BCUT2D eigenvalue weighted by molar-refractivity contribution is 0.0695. The first kappa shape index (κ1) is 25.3. The van der Waals surface area contributed by atoms with Crippen molar-refractivity contribution in [2.75, 3.05) is 0 Å². The second kappa shape index (κ2) is 12.7. The maximum Gasteiger partial charge on any atom is 0.336 e. The van der Waals surface area contributed by atoms with Crippen LogP contribution >= 0.6 is 0 Å². The zero-order valence-electron chi connectivity index (χ0n) is 19.5. The van der Waals surface area contributed by atoms with Crippen LogP contribution in [0.1, 0.15) is 79.9 Å². The Labute approximate surface area is 191 Å². The van der Waals surface area contributed by atoms with Crippen molar-refractivity contribution in [1.82, 2.24) is 0 Å². The molecule has 0 aliphatic rings. The second-order valence-electron chi connectivity index (χ2n) is 8.69. The molecule has 0 heterocycles. The van der Waals surface area contributed by atoms with Crippen molar-refractivity contribution < 1.29 is 20.1 Å². The monoisotopic (exact) mass is 436 g/mol. The Kier molecular flexibility index (Phi) is 10.1. The van der Waals surface area contributed by atoms with Gasteiger partial charge in [-0.25, -0.2) is 4.79 Å². The van der Waals surface area contributed by atoms with Gasteiger partial charge in [0.2, 0.25) is 0 Å². The number of aromatic hydroxyl groups is 2. The highest BCUT2D eigenvalue weighted by atomic mass is 16.4. The van der Waals surface area contributed by atoms with E-state index in [-0.39, 0.29) is 29.0 Å². The molecule has 2 aromatic rings. The number of allylic oxidation sites excluding steroid dienone is 4. The summed E-state index contributed by atoms with van der Waals surface area (Å²) >= 11 is 0. The molecule has 0 aliphatic heterocycles. The van der Waals surface area contributed by atoms with E-state index in [1.54, 1.807) is 0 Å². The summed E-state index contributed by atoms with van der Waals surface area (Å²) in [6.07, 6.45) is 10.5. The number of phenolic OH excluding ortho intramolecular Hbond substituents is 2. The van der Waals surface area contributed by atoms with Crippen LogP contribution in [0.2, 0.25) is 0 Å². The highest BCUT2D eigenvalue weighted by Gasteiger charge is 2.20. The third kappa shape index (κ3) is 7.92. The van der Waals surface area contributed by atoms with E-state index < -0.39 is 5.97 Å². The lowest BCUT2D eigenvalue weighted by atomic mass is 9.95. The van der Waals surface area contributed by atoms with Crippen molar-refractivity contribution in [3.63, 3.8) is 0 Å². The molecule has 0 fully saturated rings. The highest BCUT2D eigenvalue weighted by Crippen LogP contribution is 2.37. The highest BCUT2D eigenvalue weighted by molar-refractivity contribution is 5.91. The van der Waals surface area contributed by atoms with Crippen LogP contribution in [-0.2, 0) is 19.3 Å². The van der Waals surface area contributed by atoms with Crippen molar-refractivity contribution >= 4 is 5.97 Å². The van der Waals surface area contributed by atoms with Crippen molar-refractivity contribution in [1.29, 1.82) is 0 Å². The largest absolute Gasteiger partial charge is 0.504 e. The lowest BCUT2D eigenvalue weighted by Gasteiger charge is -2.14. The summed E-state index contributed by atoms with van der Waals surface area (Å²) in [6, 6.07) is 11.8. The molecule has 0 atom stereocenters. The molecule has 0 aliphatic carbocycles. The van der Waals surface area contributed by atoms with Crippen LogP contribution in [-0.4, -0.2) is 21.3 Å². The van der Waals surface area contributed by atoms with Crippen molar-refractivity contribution in [3.8, 4) is 11.5 Å². The zero-order chi connectivity index (χ0) is 23.5. The first-order valence-electron chi connectivity index (χ1n) is 11.4. The average Bonchev–Trinajstić information content (AvgIpc) is 2.75. The van der Waals surface area contributed by atoms with E-state index in [0.29, 0.717) is 12.0 Å². The fourth-order valence-electron chi connectivity index (χ4n) is 3.77. The number of carboxylic acid groups (broad SMARTS) is 1. The number of benzene rings is 2. The van der Waals surface area contributed by atoms with Gasteiger partial charge >= 0.3 is 5.97 Å². The molecule has 0 saturated heterocycles. The number of carbonyl (C=O) groups is 1. The Morgan fingerprint density at radius 3 is 2.25 bits per heavy atom. The summed E-state index contributed by atoms with van der Waals surface area (Å²) in [5.41, 5.74) is 4.52. The van der Waals surface area contributed by atoms with Crippen LogP contribution in [0.15, 0.2) is 59.7 Å². The SMILES string of the molecule is CC(C)=CCC/C(C)=C/Cc1c(C(=O)O)cc(CCCCCc2ccccc2)c(O)c1O. The van der Waals surface area contributed by atoms with E-state index in [0.717, 1.165) is 44.1 Å².